The number of amides is 2. The van der Waals surface area contributed by atoms with Crippen LogP contribution in [0.15, 0.2) is 53.4 Å². The van der Waals surface area contributed by atoms with E-state index in [1.165, 1.54) is 24.3 Å². The molecule has 2 aliphatic rings. The normalized spacial score (nSPS) is 18.6. The highest BCUT2D eigenvalue weighted by Crippen LogP contribution is 2.23. The lowest BCUT2D eigenvalue weighted by Crippen LogP contribution is -2.47. The lowest BCUT2D eigenvalue weighted by atomic mass is 9.97. The van der Waals surface area contributed by atoms with Crippen molar-refractivity contribution in [1.29, 1.82) is 0 Å². The summed E-state index contributed by atoms with van der Waals surface area (Å²) in [6.45, 7) is 0.902. The zero-order valence-corrected chi connectivity index (χ0v) is 18.9. The number of sulfonamides is 1. The van der Waals surface area contributed by atoms with Crippen molar-refractivity contribution in [2.75, 3.05) is 18.5 Å². The third kappa shape index (κ3) is 6.29. The Morgan fingerprint density at radius 1 is 1.00 bits per heavy atom. The van der Waals surface area contributed by atoms with Gasteiger partial charge in [0.25, 0.3) is 0 Å². The van der Waals surface area contributed by atoms with Gasteiger partial charge in [0.1, 0.15) is 5.82 Å². The Balaban J connectivity index is 1.27. The molecule has 4 rings (SSSR count). The fourth-order valence-electron chi connectivity index (χ4n) is 3.75. The van der Waals surface area contributed by atoms with Crippen LogP contribution >= 0.6 is 0 Å². The number of rotatable bonds is 8. The number of hydrazine groups is 1. The molecular formula is C23H27FN4O4S. The molecule has 1 unspecified atom stereocenters. The maximum absolute atomic E-state index is 13.1. The number of nitrogens with one attached hydrogen (secondary N) is 3. The van der Waals surface area contributed by atoms with Crippen molar-refractivity contribution >= 4 is 27.5 Å². The van der Waals surface area contributed by atoms with Crippen LogP contribution in [0, 0.1) is 11.7 Å². The lowest BCUT2D eigenvalue weighted by Gasteiger charge is -2.32. The van der Waals surface area contributed by atoms with E-state index < -0.39 is 10.0 Å². The Labute approximate surface area is 192 Å². The minimum atomic E-state index is -3.52. The average molecular weight is 475 g/mol. The van der Waals surface area contributed by atoms with E-state index in [4.69, 9.17) is 0 Å². The van der Waals surface area contributed by atoms with Gasteiger partial charge in [-0.3, -0.25) is 20.4 Å². The Kier molecular flexibility index (Phi) is 6.94. The summed E-state index contributed by atoms with van der Waals surface area (Å²) in [4.78, 5) is 27.1. The number of nitrogens with zero attached hydrogens (tertiary/aromatic N) is 1. The summed E-state index contributed by atoms with van der Waals surface area (Å²) in [6.07, 6.45) is 3.27. The molecule has 1 saturated heterocycles. The second-order valence-corrected chi connectivity index (χ2v) is 10.2. The van der Waals surface area contributed by atoms with Gasteiger partial charge < -0.3 is 4.90 Å². The summed E-state index contributed by atoms with van der Waals surface area (Å²) in [5.41, 5.74) is 6.74. The summed E-state index contributed by atoms with van der Waals surface area (Å²) in [5.74, 6) is -1.03. The van der Waals surface area contributed by atoms with Crippen molar-refractivity contribution in [3.05, 3.63) is 59.9 Å². The minimum absolute atomic E-state index is 0.0321. The number of piperidine rings is 1. The fraction of sp³-hybridized carbons (Fsp3) is 0.391. The molecule has 0 spiro atoms. The standard InChI is InChI=1S/C23H27FN4O4S/c24-18-5-3-16(4-6-18)14-22(29)28-13-1-2-17(15-28)23(30)26-25-19-9-11-21(12-10-19)33(31,32)27-20-7-8-20/h3-6,9-12,17,20,25,27H,1-2,7-8,13-15H2,(H,26,30). The maximum Gasteiger partial charge on any atom is 0.243 e. The van der Waals surface area contributed by atoms with E-state index >= 15 is 0 Å². The van der Waals surface area contributed by atoms with Gasteiger partial charge >= 0.3 is 0 Å². The summed E-state index contributed by atoms with van der Waals surface area (Å²) in [5, 5.41) is 0. The first-order valence-electron chi connectivity index (χ1n) is 11.0. The number of anilines is 1. The monoisotopic (exact) mass is 474 g/mol. The van der Waals surface area contributed by atoms with Crippen LogP contribution in [-0.4, -0.2) is 44.3 Å². The van der Waals surface area contributed by atoms with Crippen molar-refractivity contribution < 1.29 is 22.4 Å². The fourth-order valence-corrected chi connectivity index (χ4v) is 5.05. The van der Waals surface area contributed by atoms with Crippen molar-refractivity contribution in [3.63, 3.8) is 0 Å². The number of hydrogen-bond acceptors (Lipinski definition) is 5. The van der Waals surface area contributed by atoms with Gasteiger partial charge in [0.2, 0.25) is 21.8 Å². The third-order valence-electron chi connectivity index (χ3n) is 5.81. The van der Waals surface area contributed by atoms with Gasteiger partial charge in [-0.2, -0.15) is 0 Å². The van der Waals surface area contributed by atoms with E-state index in [1.54, 1.807) is 29.2 Å². The number of halogens is 1. The highest BCUT2D eigenvalue weighted by Gasteiger charge is 2.29. The van der Waals surface area contributed by atoms with Crippen LogP contribution in [-0.2, 0) is 26.0 Å². The first-order valence-corrected chi connectivity index (χ1v) is 12.5. The van der Waals surface area contributed by atoms with E-state index in [2.05, 4.69) is 15.6 Å². The second kappa shape index (κ2) is 9.88. The molecule has 0 aromatic heterocycles. The van der Waals surface area contributed by atoms with Crippen LogP contribution in [0.2, 0.25) is 0 Å². The highest BCUT2D eigenvalue weighted by molar-refractivity contribution is 7.89. The molecule has 1 saturated carbocycles. The number of carbonyl (C=O) groups is 2. The van der Waals surface area contributed by atoms with Crippen molar-refractivity contribution in [3.8, 4) is 0 Å². The predicted octanol–water partition coefficient (Wildman–Crippen LogP) is 2.19. The summed E-state index contributed by atoms with van der Waals surface area (Å²) in [6, 6.07) is 12.0. The van der Waals surface area contributed by atoms with Crippen LogP contribution < -0.4 is 15.6 Å². The molecule has 3 N–H and O–H groups in total. The smallest absolute Gasteiger partial charge is 0.243 e. The molecule has 0 bridgehead atoms. The minimum Gasteiger partial charge on any atom is -0.342 e. The Hall–Kier alpha value is -2.98. The van der Waals surface area contributed by atoms with Crippen LogP contribution in [0.1, 0.15) is 31.2 Å². The molecule has 2 fully saturated rings. The predicted molar refractivity (Wildman–Crippen MR) is 121 cm³/mol. The number of carbonyl (C=O) groups excluding carboxylic acids is 2. The zero-order valence-electron chi connectivity index (χ0n) is 18.1. The van der Waals surface area contributed by atoms with Gasteiger partial charge in [-0.05, 0) is 67.6 Å². The van der Waals surface area contributed by atoms with Gasteiger partial charge in [-0.15, -0.1) is 0 Å². The molecule has 1 aliphatic carbocycles. The summed E-state index contributed by atoms with van der Waals surface area (Å²) < 4.78 is 40.1. The molecule has 2 aromatic rings. The number of benzene rings is 2. The Morgan fingerprint density at radius 3 is 2.36 bits per heavy atom. The SMILES string of the molecule is O=C(NNc1ccc(S(=O)(=O)NC2CC2)cc1)C1CCCN(C(=O)Cc2ccc(F)cc2)C1. The van der Waals surface area contributed by atoms with E-state index in [0.29, 0.717) is 31.6 Å². The van der Waals surface area contributed by atoms with Gasteiger partial charge in [-0.25, -0.2) is 17.5 Å². The second-order valence-electron chi connectivity index (χ2n) is 8.52. The van der Waals surface area contributed by atoms with E-state index in [0.717, 1.165) is 18.4 Å². The molecule has 33 heavy (non-hydrogen) atoms. The molecule has 10 heteroatoms. The van der Waals surface area contributed by atoms with E-state index in [9.17, 15) is 22.4 Å². The zero-order chi connectivity index (χ0) is 23.4. The first-order chi connectivity index (χ1) is 15.8. The average Bonchev–Trinajstić information content (AvgIpc) is 3.62. The molecule has 0 radical (unpaired) electrons. The quantitative estimate of drug-likeness (QED) is 0.509. The topological polar surface area (TPSA) is 108 Å². The lowest BCUT2D eigenvalue weighted by molar-refractivity contribution is -0.135. The molecule has 2 amide bonds. The number of likely N-dealkylation sites (tertiary alicyclic amines) is 1. The van der Waals surface area contributed by atoms with E-state index in [1.807, 2.05) is 0 Å². The molecule has 1 atom stereocenters. The summed E-state index contributed by atoms with van der Waals surface area (Å²) >= 11 is 0. The van der Waals surface area contributed by atoms with Crippen LogP contribution in [0.3, 0.4) is 0 Å². The highest BCUT2D eigenvalue weighted by atomic mass is 32.2. The van der Waals surface area contributed by atoms with E-state index in [-0.39, 0.29) is 40.9 Å². The Bertz CT molecular complexity index is 1100. The molecule has 2 aromatic carbocycles. The maximum atomic E-state index is 13.1. The van der Waals surface area contributed by atoms with Gasteiger partial charge in [0.05, 0.1) is 22.9 Å². The van der Waals surface area contributed by atoms with Crippen LogP contribution in [0.4, 0.5) is 10.1 Å². The largest absolute Gasteiger partial charge is 0.342 e. The first kappa shape index (κ1) is 23.2. The molecular weight excluding hydrogens is 447 g/mol. The van der Waals surface area contributed by atoms with Gasteiger partial charge in [-0.1, -0.05) is 12.1 Å². The van der Waals surface area contributed by atoms with Crippen molar-refractivity contribution in [2.24, 2.45) is 5.92 Å². The van der Waals surface area contributed by atoms with Crippen LogP contribution in [0.5, 0.6) is 0 Å². The molecule has 176 valence electrons. The summed E-state index contributed by atoms with van der Waals surface area (Å²) in [7, 11) is -3.52. The molecule has 1 heterocycles. The van der Waals surface area contributed by atoms with Crippen molar-refractivity contribution in [1.82, 2.24) is 15.0 Å². The molecule has 1 aliphatic heterocycles. The number of hydrogen-bond donors (Lipinski definition) is 3. The van der Waals surface area contributed by atoms with Gasteiger partial charge in [0.15, 0.2) is 0 Å². The molecule has 8 nitrogen and oxygen atoms in total. The van der Waals surface area contributed by atoms with Crippen LogP contribution in [0.25, 0.3) is 0 Å². The van der Waals surface area contributed by atoms with Gasteiger partial charge in [0, 0.05) is 19.1 Å². The third-order valence-corrected chi connectivity index (χ3v) is 7.34. The Morgan fingerprint density at radius 2 is 1.70 bits per heavy atom. The van der Waals surface area contributed by atoms with Crippen molar-refractivity contribution in [2.45, 2.75) is 43.0 Å².